The summed E-state index contributed by atoms with van der Waals surface area (Å²) in [5.41, 5.74) is 4.62. The Hall–Kier alpha value is -2.88. The molecule has 0 radical (unpaired) electrons. The Kier molecular flexibility index (Phi) is 4.75. The van der Waals surface area contributed by atoms with Gasteiger partial charge in [0.2, 0.25) is 11.8 Å². The van der Waals surface area contributed by atoms with Crippen molar-refractivity contribution in [3.8, 4) is 11.5 Å². The monoisotopic (exact) mass is 320 g/mol. The first kappa shape index (κ1) is 16.0. The molecule has 0 aliphatic rings. The molecule has 0 fully saturated rings. The first-order chi connectivity index (χ1) is 11.7. The molecule has 24 heavy (non-hydrogen) atoms. The summed E-state index contributed by atoms with van der Waals surface area (Å²) in [6.07, 6.45) is 2.60. The van der Waals surface area contributed by atoms with Crippen LogP contribution in [0, 0.1) is 6.92 Å². The highest BCUT2D eigenvalue weighted by molar-refractivity contribution is 5.93. The third-order valence-electron chi connectivity index (χ3n) is 3.92. The number of nitrogens with zero attached hydrogens (tertiary/aromatic N) is 1. The smallest absolute Gasteiger partial charge is 0.230 e. The van der Waals surface area contributed by atoms with E-state index in [1.54, 1.807) is 6.26 Å². The molecule has 1 heterocycles. The van der Waals surface area contributed by atoms with Crippen LogP contribution in [0.15, 0.2) is 59.2 Å². The van der Waals surface area contributed by atoms with Gasteiger partial charge in [0.25, 0.3) is 0 Å². The number of nitrogens with one attached hydrogen (secondary N) is 1. The van der Waals surface area contributed by atoms with Gasteiger partial charge in [-0.25, -0.2) is 4.98 Å². The zero-order valence-corrected chi connectivity index (χ0v) is 13.9. The first-order valence-electron chi connectivity index (χ1n) is 8.05. The Morgan fingerprint density at radius 2 is 1.92 bits per heavy atom. The summed E-state index contributed by atoms with van der Waals surface area (Å²) in [6, 6.07) is 15.7. The lowest BCUT2D eigenvalue weighted by atomic mass is 10.1. The Balaban J connectivity index is 1.71. The predicted molar refractivity (Wildman–Crippen MR) is 94.8 cm³/mol. The molecule has 4 heteroatoms. The lowest BCUT2D eigenvalue weighted by Gasteiger charge is -2.12. The minimum Gasteiger partial charge on any atom is -0.444 e. The van der Waals surface area contributed by atoms with Gasteiger partial charge in [0.1, 0.15) is 6.26 Å². The van der Waals surface area contributed by atoms with E-state index in [-0.39, 0.29) is 12.3 Å². The Labute approximate surface area is 141 Å². The summed E-state index contributed by atoms with van der Waals surface area (Å²) in [7, 11) is 0. The van der Waals surface area contributed by atoms with Gasteiger partial charge < -0.3 is 9.73 Å². The number of oxazole rings is 1. The van der Waals surface area contributed by atoms with Crippen molar-refractivity contribution in [2.45, 2.75) is 26.7 Å². The van der Waals surface area contributed by atoms with Crippen LogP contribution >= 0.6 is 0 Å². The van der Waals surface area contributed by atoms with Crippen LogP contribution in [0.1, 0.15) is 23.7 Å². The van der Waals surface area contributed by atoms with E-state index < -0.39 is 0 Å². The van der Waals surface area contributed by atoms with Crippen LogP contribution in [-0.2, 0) is 17.6 Å². The average Bonchev–Trinajstić information content (AvgIpc) is 3.06. The van der Waals surface area contributed by atoms with E-state index in [9.17, 15) is 4.79 Å². The molecular weight excluding hydrogens is 300 g/mol. The molecule has 2 aromatic carbocycles. The molecule has 0 atom stereocenters. The zero-order valence-electron chi connectivity index (χ0n) is 13.9. The van der Waals surface area contributed by atoms with Crippen LogP contribution in [0.2, 0.25) is 0 Å². The van der Waals surface area contributed by atoms with Crippen LogP contribution in [0.4, 0.5) is 5.69 Å². The number of amides is 1. The van der Waals surface area contributed by atoms with Crippen molar-refractivity contribution < 1.29 is 9.21 Å². The minimum absolute atomic E-state index is 0.0908. The molecule has 1 amide bonds. The molecule has 1 N–H and O–H groups in total. The summed E-state index contributed by atoms with van der Waals surface area (Å²) >= 11 is 0. The Morgan fingerprint density at radius 3 is 2.67 bits per heavy atom. The van der Waals surface area contributed by atoms with E-state index in [0.717, 1.165) is 28.8 Å². The number of benzene rings is 2. The van der Waals surface area contributed by atoms with Gasteiger partial charge >= 0.3 is 0 Å². The number of anilines is 1. The maximum atomic E-state index is 12.4. The highest BCUT2D eigenvalue weighted by atomic mass is 16.3. The Bertz CT molecular complexity index is 838. The zero-order chi connectivity index (χ0) is 16.9. The van der Waals surface area contributed by atoms with Crippen molar-refractivity contribution in [2.75, 3.05) is 5.32 Å². The molecular formula is C20H20N2O2. The van der Waals surface area contributed by atoms with Crippen molar-refractivity contribution in [2.24, 2.45) is 0 Å². The van der Waals surface area contributed by atoms with Gasteiger partial charge in [-0.15, -0.1) is 0 Å². The number of hydrogen-bond acceptors (Lipinski definition) is 3. The molecule has 3 rings (SSSR count). The van der Waals surface area contributed by atoms with Crippen molar-refractivity contribution in [1.82, 2.24) is 4.98 Å². The standard InChI is InChI=1S/C20H20N2O2/c1-3-15-11-7-8-14(2)19(15)22-18(23)12-17-13-24-20(21-17)16-9-5-4-6-10-16/h4-11,13H,3,12H2,1-2H3,(H,22,23). The quantitative estimate of drug-likeness (QED) is 0.758. The van der Waals surface area contributed by atoms with E-state index in [2.05, 4.69) is 17.2 Å². The molecule has 0 saturated carbocycles. The summed E-state index contributed by atoms with van der Waals surface area (Å²) in [5, 5.41) is 3.01. The molecule has 122 valence electrons. The minimum atomic E-state index is -0.0908. The lowest BCUT2D eigenvalue weighted by molar-refractivity contribution is -0.115. The van der Waals surface area contributed by atoms with E-state index >= 15 is 0 Å². The van der Waals surface area contributed by atoms with Gasteiger partial charge in [-0.2, -0.15) is 0 Å². The number of para-hydroxylation sites is 1. The fraction of sp³-hybridized carbons (Fsp3) is 0.200. The third kappa shape index (κ3) is 3.54. The van der Waals surface area contributed by atoms with E-state index in [1.165, 1.54) is 0 Å². The van der Waals surface area contributed by atoms with E-state index in [1.807, 2.05) is 55.5 Å². The lowest BCUT2D eigenvalue weighted by Crippen LogP contribution is -2.16. The topological polar surface area (TPSA) is 55.1 Å². The fourth-order valence-electron chi connectivity index (χ4n) is 2.65. The molecule has 0 unspecified atom stereocenters. The largest absolute Gasteiger partial charge is 0.444 e. The van der Waals surface area contributed by atoms with Crippen molar-refractivity contribution in [3.63, 3.8) is 0 Å². The maximum Gasteiger partial charge on any atom is 0.230 e. The number of carbonyl (C=O) groups is 1. The normalized spacial score (nSPS) is 10.6. The van der Waals surface area contributed by atoms with Gasteiger partial charge in [0, 0.05) is 11.3 Å². The Morgan fingerprint density at radius 1 is 1.12 bits per heavy atom. The molecule has 0 aliphatic carbocycles. The van der Waals surface area contributed by atoms with E-state index in [0.29, 0.717) is 11.6 Å². The van der Waals surface area contributed by atoms with Gasteiger partial charge in [-0.05, 0) is 36.6 Å². The molecule has 4 nitrogen and oxygen atoms in total. The van der Waals surface area contributed by atoms with Crippen molar-refractivity contribution in [3.05, 3.63) is 71.6 Å². The van der Waals surface area contributed by atoms with Gasteiger partial charge in [-0.1, -0.05) is 43.3 Å². The molecule has 0 aliphatic heterocycles. The van der Waals surface area contributed by atoms with Gasteiger partial charge in [-0.3, -0.25) is 4.79 Å². The van der Waals surface area contributed by atoms with Gasteiger partial charge in [0.15, 0.2) is 0 Å². The predicted octanol–water partition coefficient (Wildman–Crippen LogP) is 4.39. The van der Waals surface area contributed by atoms with Crippen LogP contribution < -0.4 is 5.32 Å². The second kappa shape index (κ2) is 7.13. The van der Waals surface area contributed by atoms with Gasteiger partial charge in [0.05, 0.1) is 12.1 Å². The number of carbonyl (C=O) groups excluding carboxylic acids is 1. The van der Waals surface area contributed by atoms with Crippen LogP contribution in [-0.4, -0.2) is 10.9 Å². The van der Waals surface area contributed by atoms with Crippen LogP contribution in [0.5, 0.6) is 0 Å². The molecule has 0 spiro atoms. The molecule has 0 bridgehead atoms. The van der Waals surface area contributed by atoms with Crippen molar-refractivity contribution >= 4 is 11.6 Å². The second-order valence-corrected chi connectivity index (χ2v) is 5.70. The average molecular weight is 320 g/mol. The SMILES string of the molecule is CCc1cccc(C)c1NC(=O)Cc1coc(-c2ccccc2)n1. The summed E-state index contributed by atoms with van der Waals surface area (Å²) < 4.78 is 5.48. The summed E-state index contributed by atoms with van der Waals surface area (Å²) in [4.78, 5) is 16.8. The van der Waals surface area contributed by atoms with Crippen LogP contribution in [0.25, 0.3) is 11.5 Å². The molecule has 3 aromatic rings. The number of aryl methyl sites for hydroxylation is 2. The first-order valence-corrected chi connectivity index (χ1v) is 8.05. The van der Waals surface area contributed by atoms with E-state index in [4.69, 9.17) is 4.42 Å². The summed E-state index contributed by atoms with van der Waals surface area (Å²) in [6.45, 7) is 4.08. The second-order valence-electron chi connectivity index (χ2n) is 5.70. The highest BCUT2D eigenvalue weighted by Gasteiger charge is 2.13. The highest BCUT2D eigenvalue weighted by Crippen LogP contribution is 2.22. The van der Waals surface area contributed by atoms with Crippen molar-refractivity contribution in [1.29, 1.82) is 0 Å². The fourth-order valence-corrected chi connectivity index (χ4v) is 2.65. The maximum absolute atomic E-state index is 12.4. The number of rotatable bonds is 5. The number of aromatic nitrogens is 1. The van der Waals surface area contributed by atoms with Crippen LogP contribution in [0.3, 0.4) is 0 Å². The number of hydrogen-bond donors (Lipinski definition) is 1. The third-order valence-corrected chi connectivity index (χ3v) is 3.92. The summed E-state index contributed by atoms with van der Waals surface area (Å²) in [5.74, 6) is 0.440. The molecule has 1 aromatic heterocycles. The molecule has 0 saturated heterocycles.